The molecule has 0 aliphatic carbocycles. The minimum atomic E-state index is -2.58. The monoisotopic (exact) mass is 319 g/mol. The van der Waals surface area contributed by atoms with Crippen molar-refractivity contribution in [3.8, 4) is 0 Å². The van der Waals surface area contributed by atoms with Gasteiger partial charge in [0.2, 0.25) is 6.41 Å². The zero-order chi connectivity index (χ0) is 16.4. The Kier molecular flexibility index (Phi) is 7.28. The Balaban J connectivity index is 0.000000235. The maximum Gasteiger partial charge on any atom is 0.241 e. The highest BCUT2D eigenvalue weighted by Crippen LogP contribution is 2.12. The molecule has 118 valence electrons. The van der Waals surface area contributed by atoms with Crippen molar-refractivity contribution in [1.82, 2.24) is 5.32 Å². The van der Waals surface area contributed by atoms with Gasteiger partial charge in [-0.05, 0) is 36.9 Å². The van der Waals surface area contributed by atoms with E-state index in [9.17, 15) is 9.00 Å². The molecule has 0 spiro atoms. The summed E-state index contributed by atoms with van der Waals surface area (Å²) in [4.78, 5) is 10.6. The third kappa shape index (κ3) is 6.07. The summed E-state index contributed by atoms with van der Waals surface area (Å²) in [6, 6.07) is 16.8. The van der Waals surface area contributed by atoms with E-state index in [-0.39, 0.29) is 0 Å². The molecule has 5 nitrogen and oxygen atoms in total. The van der Waals surface area contributed by atoms with Crippen molar-refractivity contribution in [3.63, 3.8) is 0 Å². The van der Waals surface area contributed by atoms with Crippen LogP contribution in [-0.4, -0.2) is 23.9 Å². The van der Waals surface area contributed by atoms with Gasteiger partial charge in [0.25, 0.3) is 0 Å². The molecule has 1 amide bonds. The van der Waals surface area contributed by atoms with Crippen LogP contribution in [0.4, 0.5) is 5.69 Å². The maximum atomic E-state index is 11.7. The van der Waals surface area contributed by atoms with E-state index in [0.29, 0.717) is 17.0 Å². The molecular formula is C16H21N3O2S. The molecule has 0 saturated carbocycles. The first-order valence-electron chi connectivity index (χ1n) is 6.68. The number of benzene rings is 2. The normalized spacial score (nSPS) is 12.5. The number of rotatable bonds is 4. The second-order valence-electron chi connectivity index (χ2n) is 4.60. The summed E-state index contributed by atoms with van der Waals surface area (Å²) in [5, 5.41) is 3.08. The van der Waals surface area contributed by atoms with Gasteiger partial charge in [0.15, 0.2) is 0 Å². The second-order valence-corrected chi connectivity index (χ2v) is 6.89. The Bertz CT molecular complexity index is 691. The molecule has 1 unspecified atom stereocenters. The first-order valence-corrected chi connectivity index (χ1v) is 8.61. The number of anilines is 1. The van der Waals surface area contributed by atoms with E-state index in [4.69, 9.17) is 5.73 Å². The van der Waals surface area contributed by atoms with Gasteiger partial charge < -0.3 is 11.1 Å². The molecular weight excluding hydrogens is 298 g/mol. The molecule has 6 heteroatoms. The van der Waals surface area contributed by atoms with Gasteiger partial charge in [0, 0.05) is 23.4 Å². The predicted molar refractivity (Wildman–Crippen MR) is 90.9 cm³/mol. The van der Waals surface area contributed by atoms with Crippen molar-refractivity contribution in [2.24, 2.45) is 4.36 Å². The standard InChI is InChI=1S/C8H10N2O2S.C8H11N/c1-13(12,10-6-11)8-4-2-7(9)3-5-8;1-9-7-8-5-3-2-4-6-8/h2-6H,9H2,1H3;2-6,9H,7H2,1H3. The Morgan fingerprint density at radius 2 is 1.73 bits per heavy atom. The average molecular weight is 319 g/mol. The summed E-state index contributed by atoms with van der Waals surface area (Å²) in [5.41, 5.74) is 7.37. The van der Waals surface area contributed by atoms with E-state index >= 15 is 0 Å². The van der Waals surface area contributed by atoms with Gasteiger partial charge in [-0.3, -0.25) is 4.79 Å². The number of hydrogen-bond donors (Lipinski definition) is 2. The fourth-order valence-electron chi connectivity index (χ4n) is 1.66. The third-order valence-corrected chi connectivity index (χ3v) is 4.42. The summed E-state index contributed by atoms with van der Waals surface area (Å²) in [6.45, 7) is 0.959. The lowest BCUT2D eigenvalue weighted by Gasteiger charge is -2.01. The van der Waals surface area contributed by atoms with Crippen LogP contribution in [0.2, 0.25) is 0 Å². The minimum Gasteiger partial charge on any atom is -0.399 e. The highest BCUT2D eigenvalue weighted by atomic mass is 32.2. The number of hydrogen-bond acceptors (Lipinski definition) is 4. The third-order valence-electron chi connectivity index (χ3n) is 2.79. The molecule has 0 aliphatic rings. The van der Waals surface area contributed by atoms with E-state index in [1.165, 1.54) is 11.8 Å². The number of nitrogen functional groups attached to an aromatic ring is 1. The van der Waals surface area contributed by atoms with Gasteiger partial charge in [-0.1, -0.05) is 30.3 Å². The van der Waals surface area contributed by atoms with Gasteiger partial charge in [-0.2, -0.15) is 4.36 Å². The molecule has 0 radical (unpaired) electrons. The van der Waals surface area contributed by atoms with Crippen LogP contribution in [0.25, 0.3) is 0 Å². The summed E-state index contributed by atoms with van der Waals surface area (Å²) in [5.74, 6) is 0. The van der Waals surface area contributed by atoms with Crippen LogP contribution < -0.4 is 11.1 Å². The van der Waals surface area contributed by atoms with Gasteiger partial charge in [-0.25, -0.2) is 4.21 Å². The van der Waals surface area contributed by atoms with Crippen molar-refractivity contribution in [1.29, 1.82) is 0 Å². The summed E-state index contributed by atoms with van der Waals surface area (Å²) >= 11 is 0. The van der Waals surface area contributed by atoms with E-state index < -0.39 is 9.73 Å². The zero-order valence-corrected chi connectivity index (χ0v) is 13.5. The number of carbonyl (C=O) groups excluding carboxylic acids is 1. The number of nitrogens with zero attached hydrogens (tertiary/aromatic N) is 1. The molecule has 0 saturated heterocycles. The van der Waals surface area contributed by atoms with Gasteiger partial charge in [-0.15, -0.1) is 0 Å². The molecule has 0 aromatic heterocycles. The van der Waals surface area contributed by atoms with E-state index in [0.717, 1.165) is 6.54 Å². The molecule has 2 rings (SSSR count). The topological polar surface area (TPSA) is 84.5 Å². The molecule has 0 fully saturated rings. The Labute approximate surface area is 131 Å². The average Bonchev–Trinajstić information content (AvgIpc) is 2.50. The van der Waals surface area contributed by atoms with Crippen molar-refractivity contribution in [3.05, 3.63) is 60.2 Å². The number of nitrogens with two attached hydrogens (primary N) is 1. The number of carbonyl (C=O) groups is 1. The molecule has 2 aromatic carbocycles. The fourth-order valence-corrected chi connectivity index (χ4v) is 2.59. The van der Waals surface area contributed by atoms with Crippen molar-refractivity contribution >= 4 is 21.8 Å². The summed E-state index contributed by atoms with van der Waals surface area (Å²) in [6.07, 6.45) is 1.71. The second kappa shape index (κ2) is 8.96. The summed E-state index contributed by atoms with van der Waals surface area (Å²) in [7, 11) is -0.624. The SMILES string of the molecule is CNCc1ccccc1.CS(=O)(=NC=O)c1ccc(N)cc1. The lowest BCUT2D eigenvalue weighted by atomic mass is 10.2. The Morgan fingerprint density at radius 1 is 1.14 bits per heavy atom. The van der Waals surface area contributed by atoms with Crippen molar-refractivity contribution in [2.75, 3.05) is 19.0 Å². The van der Waals surface area contributed by atoms with E-state index in [1.54, 1.807) is 24.3 Å². The van der Waals surface area contributed by atoms with Crippen molar-refractivity contribution in [2.45, 2.75) is 11.4 Å². The highest BCUT2D eigenvalue weighted by molar-refractivity contribution is 7.93. The fraction of sp³-hybridized carbons (Fsp3) is 0.188. The molecule has 0 bridgehead atoms. The zero-order valence-electron chi connectivity index (χ0n) is 12.7. The van der Waals surface area contributed by atoms with Crippen LogP contribution >= 0.6 is 0 Å². The van der Waals surface area contributed by atoms with E-state index in [2.05, 4.69) is 21.8 Å². The van der Waals surface area contributed by atoms with Gasteiger partial charge >= 0.3 is 0 Å². The van der Waals surface area contributed by atoms with Crippen LogP contribution in [0.3, 0.4) is 0 Å². The Hall–Kier alpha value is -2.18. The van der Waals surface area contributed by atoms with Crippen LogP contribution in [-0.2, 0) is 21.1 Å². The molecule has 3 N–H and O–H groups in total. The van der Waals surface area contributed by atoms with Gasteiger partial charge in [0.1, 0.15) is 0 Å². The highest BCUT2D eigenvalue weighted by Gasteiger charge is 2.03. The molecule has 0 aliphatic heterocycles. The smallest absolute Gasteiger partial charge is 0.241 e. The van der Waals surface area contributed by atoms with Crippen LogP contribution in [0.5, 0.6) is 0 Å². The number of amides is 1. The van der Waals surface area contributed by atoms with Crippen LogP contribution in [0.1, 0.15) is 5.56 Å². The lowest BCUT2D eigenvalue weighted by molar-refractivity contribution is -0.106. The predicted octanol–water partition coefficient (Wildman–Crippen LogP) is 2.29. The van der Waals surface area contributed by atoms with E-state index in [1.807, 2.05) is 25.2 Å². The molecule has 22 heavy (non-hydrogen) atoms. The van der Waals surface area contributed by atoms with Crippen LogP contribution in [0, 0.1) is 0 Å². The van der Waals surface area contributed by atoms with Crippen LogP contribution in [0.15, 0.2) is 63.9 Å². The molecule has 2 aromatic rings. The van der Waals surface area contributed by atoms with Gasteiger partial charge in [0.05, 0.1) is 9.73 Å². The molecule has 1 atom stereocenters. The first kappa shape index (κ1) is 17.9. The Morgan fingerprint density at radius 3 is 2.23 bits per heavy atom. The largest absolute Gasteiger partial charge is 0.399 e. The molecule has 0 heterocycles. The minimum absolute atomic E-state index is 0.304. The van der Waals surface area contributed by atoms with Crippen molar-refractivity contribution < 1.29 is 9.00 Å². The lowest BCUT2D eigenvalue weighted by Crippen LogP contribution is -2.04. The summed E-state index contributed by atoms with van der Waals surface area (Å²) < 4.78 is 15.0. The number of nitrogens with one attached hydrogen (secondary N) is 1. The quantitative estimate of drug-likeness (QED) is 0.669. The maximum absolute atomic E-state index is 11.7. The first-order chi connectivity index (χ1) is 10.5.